The fourth-order valence-electron chi connectivity index (χ4n) is 2.54. The highest BCUT2D eigenvalue weighted by Gasteiger charge is 2.29. The molecule has 0 aliphatic carbocycles. The Hall–Kier alpha value is -2.13. The molecular formula is C16H20ClN3O5S. The lowest BCUT2D eigenvalue weighted by atomic mass is 10.1. The van der Waals surface area contributed by atoms with Crippen LogP contribution in [0, 0.1) is 5.92 Å². The second-order valence-electron chi connectivity index (χ2n) is 6.08. The van der Waals surface area contributed by atoms with E-state index in [1.165, 1.54) is 0 Å². The topological polar surface area (TPSA) is 121 Å². The Kier molecular flexibility index (Phi) is 6.98. The first-order valence-electron chi connectivity index (χ1n) is 8.07. The SMILES string of the molecule is O=C(CCNC(=O)c1ccc(Cl)cc1)NNC(=O)C[C@@H]1CCS(=O)(=O)C1. The maximum atomic E-state index is 11.8. The number of amides is 3. The molecule has 1 saturated heterocycles. The van der Waals surface area contributed by atoms with E-state index >= 15 is 0 Å². The number of sulfone groups is 1. The van der Waals surface area contributed by atoms with Crippen LogP contribution in [0.5, 0.6) is 0 Å². The van der Waals surface area contributed by atoms with Crippen LogP contribution in [0.1, 0.15) is 29.6 Å². The van der Waals surface area contributed by atoms with E-state index in [2.05, 4.69) is 16.2 Å². The van der Waals surface area contributed by atoms with Gasteiger partial charge in [-0.1, -0.05) is 11.6 Å². The highest BCUT2D eigenvalue weighted by Crippen LogP contribution is 2.21. The van der Waals surface area contributed by atoms with E-state index in [1.807, 2.05) is 0 Å². The third-order valence-corrected chi connectivity index (χ3v) is 5.98. The number of carbonyl (C=O) groups excluding carboxylic acids is 3. The lowest BCUT2D eigenvalue weighted by Crippen LogP contribution is -2.43. The molecule has 0 spiro atoms. The van der Waals surface area contributed by atoms with Gasteiger partial charge in [-0.2, -0.15) is 0 Å². The van der Waals surface area contributed by atoms with Crippen molar-refractivity contribution in [3.8, 4) is 0 Å². The van der Waals surface area contributed by atoms with E-state index in [0.717, 1.165) is 0 Å². The second-order valence-corrected chi connectivity index (χ2v) is 8.75. The molecule has 1 heterocycles. The van der Waals surface area contributed by atoms with Crippen LogP contribution in [-0.2, 0) is 19.4 Å². The summed E-state index contributed by atoms with van der Waals surface area (Å²) in [5.41, 5.74) is 4.92. The first-order valence-corrected chi connectivity index (χ1v) is 10.3. The minimum atomic E-state index is -3.03. The summed E-state index contributed by atoms with van der Waals surface area (Å²) < 4.78 is 22.7. The molecule has 0 unspecified atom stereocenters. The Morgan fingerprint density at radius 1 is 1.08 bits per heavy atom. The minimum Gasteiger partial charge on any atom is -0.352 e. The summed E-state index contributed by atoms with van der Waals surface area (Å²) in [6, 6.07) is 6.32. The largest absolute Gasteiger partial charge is 0.352 e. The van der Waals surface area contributed by atoms with Crippen molar-refractivity contribution in [2.75, 3.05) is 18.1 Å². The molecule has 1 atom stereocenters. The third kappa shape index (κ3) is 6.64. The third-order valence-electron chi connectivity index (χ3n) is 3.89. The zero-order valence-corrected chi connectivity index (χ0v) is 15.5. The van der Waals surface area contributed by atoms with Gasteiger partial charge in [-0.15, -0.1) is 0 Å². The molecule has 3 amide bonds. The van der Waals surface area contributed by atoms with Gasteiger partial charge < -0.3 is 5.32 Å². The number of rotatable bonds is 6. The van der Waals surface area contributed by atoms with Crippen LogP contribution < -0.4 is 16.2 Å². The lowest BCUT2D eigenvalue weighted by molar-refractivity contribution is -0.129. The molecule has 1 fully saturated rings. The number of hydrogen-bond acceptors (Lipinski definition) is 5. The van der Waals surface area contributed by atoms with Gasteiger partial charge in [-0.3, -0.25) is 25.2 Å². The number of nitrogens with one attached hydrogen (secondary N) is 3. The van der Waals surface area contributed by atoms with Gasteiger partial charge >= 0.3 is 0 Å². The maximum absolute atomic E-state index is 11.8. The molecule has 0 bridgehead atoms. The molecule has 0 radical (unpaired) electrons. The van der Waals surface area contributed by atoms with Gasteiger partial charge in [0.1, 0.15) is 0 Å². The van der Waals surface area contributed by atoms with E-state index < -0.39 is 21.7 Å². The molecule has 1 aliphatic rings. The number of hydrogen-bond donors (Lipinski definition) is 3. The summed E-state index contributed by atoms with van der Waals surface area (Å²) in [5.74, 6) is -1.34. The van der Waals surface area contributed by atoms with Crippen molar-refractivity contribution < 1.29 is 22.8 Å². The molecule has 142 valence electrons. The molecule has 8 nitrogen and oxygen atoms in total. The number of benzene rings is 1. The Balaban J connectivity index is 1.62. The molecule has 1 aliphatic heterocycles. The molecule has 26 heavy (non-hydrogen) atoms. The summed E-state index contributed by atoms with van der Waals surface area (Å²) in [6.07, 6.45) is 0.491. The Labute approximate surface area is 156 Å². The van der Waals surface area contributed by atoms with Crippen LogP contribution >= 0.6 is 11.6 Å². The van der Waals surface area contributed by atoms with Gasteiger partial charge in [0.15, 0.2) is 9.84 Å². The standard InChI is InChI=1S/C16H20ClN3O5S/c17-13-3-1-12(2-4-13)16(23)18-7-5-14(21)19-20-15(22)9-11-6-8-26(24,25)10-11/h1-4,11H,5-10H2,(H,18,23)(H,19,21)(H,20,22)/t11-/m0/s1. The van der Waals surface area contributed by atoms with Gasteiger partial charge in [0.05, 0.1) is 11.5 Å². The molecule has 1 aromatic rings. The summed E-state index contributed by atoms with van der Waals surface area (Å²) >= 11 is 5.74. The summed E-state index contributed by atoms with van der Waals surface area (Å²) in [5, 5.41) is 3.10. The van der Waals surface area contributed by atoms with E-state index in [0.29, 0.717) is 17.0 Å². The molecule has 10 heteroatoms. The molecule has 2 rings (SSSR count). The first-order chi connectivity index (χ1) is 12.2. The van der Waals surface area contributed by atoms with Crippen molar-refractivity contribution >= 4 is 39.2 Å². The minimum absolute atomic E-state index is 0.00506. The Morgan fingerprint density at radius 2 is 1.73 bits per heavy atom. The van der Waals surface area contributed by atoms with Gasteiger partial charge in [0.2, 0.25) is 11.8 Å². The molecule has 0 saturated carbocycles. The van der Waals surface area contributed by atoms with E-state index in [9.17, 15) is 22.8 Å². The average molecular weight is 402 g/mol. The molecule has 0 aromatic heterocycles. The van der Waals surface area contributed by atoms with Gasteiger partial charge in [-0.05, 0) is 36.6 Å². The van der Waals surface area contributed by atoms with Gasteiger partial charge in [0.25, 0.3) is 5.91 Å². The normalized spacial score (nSPS) is 18.1. The zero-order chi connectivity index (χ0) is 19.2. The van der Waals surface area contributed by atoms with Crippen LogP contribution in [0.25, 0.3) is 0 Å². The van der Waals surface area contributed by atoms with Crippen molar-refractivity contribution in [3.05, 3.63) is 34.9 Å². The van der Waals surface area contributed by atoms with E-state index in [-0.39, 0.29) is 42.7 Å². The predicted molar refractivity (Wildman–Crippen MR) is 96.1 cm³/mol. The maximum Gasteiger partial charge on any atom is 0.251 e. The average Bonchev–Trinajstić information content (AvgIpc) is 2.92. The molecule has 1 aromatic carbocycles. The highest BCUT2D eigenvalue weighted by atomic mass is 35.5. The summed E-state index contributed by atoms with van der Waals surface area (Å²) in [6.45, 7) is 0.101. The Morgan fingerprint density at radius 3 is 2.35 bits per heavy atom. The van der Waals surface area contributed by atoms with Crippen LogP contribution in [0.15, 0.2) is 24.3 Å². The van der Waals surface area contributed by atoms with Crippen molar-refractivity contribution in [3.63, 3.8) is 0 Å². The monoisotopic (exact) mass is 401 g/mol. The van der Waals surface area contributed by atoms with Crippen molar-refractivity contribution in [1.82, 2.24) is 16.2 Å². The van der Waals surface area contributed by atoms with Crippen molar-refractivity contribution in [2.24, 2.45) is 5.92 Å². The molecular weight excluding hydrogens is 382 g/mol. The smallest absolute Gasteiger partial charge is 0.251 e. The molecule has 3 N–H and O–H groups in total. The number of halogens is 1. The second kappa shape index (κ2) is 9.00. The first kappa shape index (κ1) is 20.2. The Bertz CT molecular complexity index is 780. The zero-order valence-electron chi connectivity index (χ0n) is 14.0. The van der Waals surface area contributed by atoms with Crippen molar-refractivity contribution in [1.29, 1.82) is 0 Å². The fraction of sp³-hybridized carbons (Fsp3) is 0.438. The summed E-state index contributed by atoms with van der Waals surface area (Å²) in [7, 11) is -3.03. The highest BCUT2D eigenvalue weighted by molar-refractivity contribution is 7.91. The van der Waals surface area contributed by atoms with Crippen LogP contribution in [0.3, 0.4) is 0 Å². The van der Waals surface area contributed by atoms with Crippen LogP contribution in [-0.4, -0.2) is 44.2 Å². The van der Waals surface area contributed by atoms with Gasteiger partial charge in [0, 0.05) is 30.0 Å². The fourth-order valence-corrected chi connectivity index (χ4v) is 4.53. The quantitative estimate of drug-likeness (QED) is 0.597. The van der Waals surface area contributed by atoms with E-state index in [4.69, 9.17) is 11.6 Å². The van der Waals surface area contributed by atoms with E-state index in [1.54, 1.807) is 24.3 Å². The van der Waals surface area contributed by atoms with Crippen LogP contribution in [0.2, 0.25) is 5.02 Å². The number of hydrazine groups is 1. The summed E-state index contributed by atoms with van der Waals surface area (Å²) in [4.78, 5) is 35.2. The lowest BCUT2D eigenvalue weighted by Gasteiger charge is -2.10. The van der Waals surface area contributed by atoms with Crippen LogP contribution in [0.4, 0.5) is 0 Å². The van der Waals surface area contributed by atoms with Crippen molar-refractivity contribution in [2.45, 2.75) is 19.3 Å². The number of carbonyl (C=O) groups is 3. The van der Waals surface area contributed by atoms with Gasteiger partial charge in [-0.25, -0.2) is 8.42 Å². The predicted octanol–water partition coefficient (Wildman–Crippen LogP) is 0.432.